The van der Waals surface area contributed by atoms with Crippen LogP contribution >= 0.6 is 11.3 Å². The van der Waals surface area contributed by atoms with Gasteiger partial charge in [-0.05, 0) is 25.7 Å². The van der Waals surface area contributed by atoms with Gasteiger partial charge in [-0.1, -0.05) is 35.8 Å². The minimum absolute atomic E-state index is 0.0281. The molecule has 2 N–H and O–H groups in total. The van der Waals surface area contributed by atoms with E-state index < -0.39 is 0 Å². The normalized spacial score (nSPS) is 16.9. The fraction of sp³-hybridized carbons (Fsp3) is 0.714. The molecule has 0 aromatic carbocycles. The minimum atomic E-state index is -0.219. The average molecular weight is 351 g/mol. The first kappa shape index (κ1) is 16.9. The maximum Gasteiger partial charge on any atom is 0.246 e. The van der Waals surface area contributed by atoms with Gasteiger partial charge in [0, 0.05) is 0 Å². The van der Waals surface area contributed by atoms with Gasteiger partial charge in [0.25, 0.3) is 0 Å². The largest absolute Gasteiger partial charge is 0.364 e. The van der Waals surface area contributed by atoms with E-state index in [1.807, 2.05) is 6.92 Å². The van der Waals surface area contributed by atoms with E-state index in [9.17, 15) is 4.79 Å². The second-order valence-corrected chi connectivity index (χ2v) is 7.19. The molecular weight excluding hydrogens is 330 g/mol. The van der Waals surface area contributed by atoms with Crippen LogP contribution in [0.2, 0.25) is 0 Å². The second kappa shape index (κ2) is 8.25. The summed E-state index contributed by atoms with van der Waals surface area (Å²) >= 11 is 1.46. The van der Waals surface area contributed by atoms with Crippen molar-refractivity contribution in [1.29, 1.82) is 0 Å². The average Bonchev–Trinajstić information content (AvgIpc) is 3.25. The Morgan fingerprint density at radius 3 is 2.83 bits per heavy atom. The predicted molar refractivity (Wildman–Crippen MR) is 85.9 cm³/mol. The van der Waals surface area contributed by atoms with Crippen molar-refractivity contribution in [2.45, 2.75) is 51.7 Å². The monoisotopic (exact) mass is 351 g/mol. The van der Waals surface area contributed by atoms with Gasteiger partial charge in [-0.3, -0.25) is 4.79 Å². The fourth-order valence-electron chi connectivity index (χ4n) is 3.00. The van der Waals surface area contributed by atoms with Gasteiger partial charge in [0.2, 0.25) is 5.91 Å². The first-order valence-electron chi connectivity index (χ1n) is 8.12. The summed E-state index contributed by atoms with van der Waals surface area (Å²) in [6, 6.07) is -0.219. The number of carbonyl (C=O) groups is 1. The van der Waals surface area contributed by atoms with E-state index in [0.717, 1.165) is 22.9 Å². The fourth-order valence-corrected chi connectivity index (χ4v) is 3.65. The lowest BCUT2D eigenvalue weighted by molar-refractivity contribution is -0.127. The molecular formula is C14H21N7O2S. The summed E-state index contributed by atoms with van der Waals surface area (Å²) in [5.41, 5.74) is 0. The summed E-state index contributed by atoms with van der Waals surface area (Å²) < 4.78 is 5.43. The zero-order valence-electron chi connectivity index (χ0n) is 13.6. The van der Waals surface area contributed by atoms with Crippen molar-refractivity contribution in [2.75, 3.05) is 6.61 Å². The lowest BCUT2D eigenvalue weighted by Crippen LogP contribution is -2.37. The molecule has 1 atom stereocenters. The summed E-state index contributed by atoms with van der Waals surface area (Å²) in [5.74, 6) is 0.692. The van der Waals surface area contributed by atoms with Gasteiger partial charge in [0.05, 0.1) is 6.04 Å². The van der Waals surface area contributed by atoms with E-state index in [0.29, 0.717) is 11.7 Å². The number of nitrogens with one attached hydrogen (secondary N) is 2. The Morgan fingerprint density at radius 2 is 2.17 bits per heavy atom. The van der Waals surface area contributed by atoms with Gasteiger partial charge in [0.15, 0.2) is 5.82 Å². The van der Waals surface area contributed by atoms with Crippen LogP contribution in [-0.2, 0) is 16.1 Å². The molecule has 0 spiro atoms. The molecule has 3 rings (SSSR count). The van der Waals surface area contributed by atoms with Gasteiger partial charge < -0.3 is 10.1 Å². The standard InChI is InChI=1S/C14H21N7O2S/c1-9-16-17-12(24-9)8-23-7-11(22)15-13(14-18-20-21-19-14)10-5-3-2-4-6-10/h10,13H,2-8H2,1H3,(H,15,22)(H,18,19,20,21). The van der Waals surface area contributed by atoms with Gasteiger partial charge in [-0.25, -0.2) is 0 Å². The summed E-state index contributed by atoms with van der Waals surface area (Å²) in [5, 5.41) is 26.7. The number of H-pyrrole nitrogens is 1. The van der Waals surface area contributed by atoms with Crippen molar-refractivity contribution < 1.29 is 9.53 Å². The number of rotatable bonds is 7. The molecule has 0 saturated heterocycles. The maximum absolute atomic E-state index is 12.2. The Balaban J connectivity index is 1.52. The van der Waals surface area contributed by atoms with Crippen LogP contribution in [0, 0.1) is 12.8 Å². The predicted octanol–water partition coefficient (Wildman–Crippen LogP) is 1.31. The maximum atomic E-state index is 12.2. The molecule has 1 saturated carbocycles. The molecule has 2 aromatic heterocycles. The molecule has 2 aromatic rings. The molecule has 1 amide bonds. The van der Waals surface area contributed by atoms with Crippen LogP contribution in [0.25, 0.3) is 0 Å². The molecule has 1 aliphatic carbocycles. The molecule has 1 unspecified atom stereocenters. The number of aromatic amines is 1. The van der Waals surface area contributed by atoms with Gasteiger partial charge >= 0.3 is 0 Å². The highest BCUT2D eigenvalue weighted by Crippen LogP contribution is 2.32. The van der Waals surface area contributed by atoms with Gasteiger partial charge in [-0.15, -0.1) is 20.4 Å². The molecule has 9 nitrogen and oxygen atoms in total. The van der Waals surface area contributed by atoms with Crippen molar-refractivity contribution in [3.63, 3.8) is 0 Å². The van der Waals surface area contributed by atoms with E-state index in [4.69, 9.17) is 4.74 Å². The Hall–Kier alpha value is -1.94. The number of aromatic nitrogens is 6. The van der Waals surface area contributed by atoms with Gasteiger partial charge in [-0.2, -0.15) is 5.21 Å². The number of aryl methyl sites for hydroxylation is 1. The minimum Gasteiger partial charge on any atom is -0.364 e. The molecule has 130 valence electrons. The molecule has 1 aliphatic rings. The van der Waals surface area contributed by atoms with Crippen LogP contribution in [0.1, 0.15) is 54.0 Å². The Labute approximate surface area is 143 Å². The summed E-state index contributed by atoms with van der Waals surface area (Å²) in [7, 11) is 0. The van der Waals surface area contributed by atoms with Crippen LogP contribution in [0.3, 0.4) is 0 Å². The molecule has 2 heterocycles. The lowest BCUT2D eigenvalue weighted by Gasteiger charge is -2.28. The molecule has 24 heavy (non-hydrogen) atoms. The van der Waals surface area contributed by atoms with Crippen molar-refractivity contribution >= 4 is 17.2 Å². The van der Waals surface area contributed by atoms with Crippen molar-refractivity contribution in [3.8, 4) is 0 Å². The highest BCUT2D eigenvalue weighted by molar-refractivity contribution is 7.11. The molecule has 0 radical (unpaired) electrons. The number of hydrogen-bond acceptors (Lipinski definition) is 8. The lowest BCUT2D eigenvalue weighted by atomic mass is 9.83. The van der Waals surface area contributed by atoms with Crippen LogP contribution in [0.5, 0.6) is 0 Å². The number of carbonyl (C=O) groups excluding carboxylic acids is 1. The van der Waals surface area contributed by atoms with E-state index in [-0.39, 0.29) is 25.2 Å². The topological polar surface area (TPSA) is 119 Å². The summed E-state index contributed by atoms with van der Waals surface area (Å²) in [4.78, 5) is 12.2. The third-order valence-corrected chi connectivity index (χ3v) is 4.92. The van der Waals surface area contributed by atoms with Crippen LogP contribution in [-0.4, -0.2) is 43.3 Å². The molecule has 0 bridgehead atoms. The van der Waals surface area contributed by atoms with E-state index in [1.54, 1.807) is 0 Å². The zero-order valence-corrected chi connectivity index (χ0v) is 14.4. The third kappa shape index (κ3) is 4.54. The Morgan fingerprint density at radius 1 is 1.33 bits per heavy atom. The SMILES string of the molecule is Cc1nnc(COCC(=O)NC(c2nn[nH]n2)C2CCCCC2)s1. The first-order chi connectivity index (χ1) is 11.7. The highest BCUT2D eigenvalue weighted by Gasteiger charge is 2.29. The number of amides is 1. The third-order valence-electron chi connectivity index (χ3n) is 4.10. The van der Waals surface area contributed by atoms with Crippen LogP contribution in [0.4, 0.5) is 0 Å². The van der Waals surface area contributed by atoms with E-state index in [2.05, 4.69) is 36.1 Å². The smallest absolute Gasteiger partial charge is 0.246 e. The quantitative estimate of drug-likeness (QED) is 0.772. The Bertz CT molecular complexity index is 639. The summed E-state index contributed by atoms with van der Waals surface area (Å²) in [6.07, 6.45) is 5.70. The number of hydrogen-bond donors (Lipinski definition) is 2. The van der Waals surface area contributed by atoms with Crippen molar-refractivity contribution in [1.82, 2.24) is 36.1 Å². The number of ether oxygens (including phenoxy) is 1. The van der Waals surface area contributed by atoms with E-state index in [1.165, 1.54) is 30.6 Å². The number of tetrazole rings is 1. The molecule has 10 heteroatoms. The Kier molecular flexibility index (Phi) is 5.81. The van der Waals surface area contributed by atoms with Crippen LogP contribution in [0.15, 0.2) is 0 Å². The van der Waals surface area contributed by atoms with Gasteiger partial charge in [0.1, 0.15) is 23.2 Å². The van der Waals surface area contributed by atoms with E-state index >= 15 is 0 Å². The van der Waals surface area contributed by atoms with Crippen molar-refractivity contribution in [2.24, 2.45) is 5.92 Å². The first-order valence-corrected chi connectivity index (χ1v) is 8.93. The molecule has 1 fully saturated rings. The zero-order chi connectivity index (χ0) is 16.8. The van der Waals surface area contributed by atoms with Crippen molar-refractivity contribution in [3.05, 3.63) is 15.8 Å². The highest BCUT2D eigenvalue weighted by atomic mass is 32.1. The summed E-state index contributed by atoms with van der Waals surface area (Å²) in [6.45, 7) is 2.14. The van der Waals surface area contributed by atoms with Crippen LogP contribution < -0.4 is 5.32 Å². The second-order valence-electron chi connectivity index (χ2n) is 5.92. The number of nitrogens with zero attached hydrogens (tertiary/aromatic N) is 5. The molecule has 0 aliphatic heterocycles.